The van der Waals surface area contributed by atoms with Gasteiger partial charge < -0.3 is 13.9 Å². The molecule has 0 amide bonds. The lowest BCUT2D eigenvalue weighted by molar-refractivity contribution is -0.143. The Labute approximate surface area is 140 Å². The molecule has 0 aliphatic rings. The van der Waals surface area contributed by atoms with E-state index in [1.54, 1.807) is 19.1 Å². The Bertz CT molecular complexity index is 924. The first-order chi connectivity index (χ1) is 11.5. The number of furan rings is 1. The van der Waals surface area contributed by atoms with Gasteiger partial charge in [0.15, 0.2) is 17.1 Å². The van der Waals surface area contributed by atoms with Gasteiger partial charge in [-0.15, -0.1) is 11.3 Å². The predicted octanol–water partition coefficient (Wildman–Crippen LogP) is 4.32. The number of hydrogen-bond donors (Lipinski definition) is 0. The van der Waals surface area contributed by atoms with E-state index in [0.717, 1.165) is 10.1 Å². The van der Waals surface area contributed by atoms with Crippen LogP contribution in [0.25, 0.3) is 21.1 Å². The van der Waals surface area contributed by atoms with Crippen molar-refractivity contribution in [2.45, 2.75) is 19.8 Å². The van der Waals surface area contributed by atoms with E-state index in [2.05, 4.69) is 0 Å². The number of methoxy groups -OCH3 is 1. The number of hydrogen-bond acceptors (Lipinski definition) is 6. The number of rotatable bonds is 6. The van der Waals surface area contributed by atoms with Gasteiger partial charge in [-0.05, 0) is 13.0 Å². The Hall–Kier alpha value is -2.41. The molecule has 0 saturated heterocycles. The van der Waals surface area contributed by atoms with Crippen LogP contribution in [0.3, 0.4) is 0 Å². The minimum atomic E-state index is -0.711. The van der Waals surface area contributed by atoms with Crippen LogP contribution in [0.5, 0.6) is 5.75 Å². The third-order valence-electron chi connectivity index (χ3n) is 3.60. The summed E-state index contributed by atoms with van der Waals surface area (Å²) in [5, 5.41) is 1.28. The Morgan fingerprint density at radius 1 is 1.21 bits per heavy atom. The van der Waals surface area contributed by atoms with Crippen LogP contribution in [0.2, 0.25) is 0 Å². The van der Waals surface area contributed by atoms with Crippen molar-refractivity contribution in [3.8, 4) is 5.75 Å². The number of Topliss-reactive ketones (excluding diaryl/α,β-unsaturated/α-hetero) is 1. The molecule has 0 atom stereocenters. The summed E-state index contributed by atoms with van der Waals surface area (Å²) >= 11 is 1.28. The van der Waals surface area contributed by atoms with E-state index in [9.17, 15) is 14.0 Å². The second kappa shape index (κ2) is 6.60. The monoisotopic (exact) mass is 350 g/mol. The molecule has 0 saturated carbocycles. The predicted molar refractivity (Wildman–Crippen MR) is 88.3 cm³/mol. The van der Waals surface area contributed by atoms with Crippen LogP contribution < -0.4 is 4.74 Å². The number of benzene rings is 1. The summed E-state index contributed by atoms with van der Waals surface area (Å²) in [6.07, 6.45) is 0.117. The first-order valence-corrected chi connectivity index (χ1v) is 8.23. The summed E-state index contributed by atoms with van der Waals surface area (Å²) in [7, 11) is 1.47. The summed E-state index contributed by atoms with van der Waals surface area (Å²) in [5.74, 6) is -0.137. The SMILES string of the molecule is CCOC(=O)CCC(=O)c1cc2c(cc(OC)c3oc(F)cc32)s1. The first-order valence-electron chi connectivity index (χ1n) is 7.42. The largest absolute Gasteiger partial charge is 0.493 e. The van der Waals surface area contributed by atoms with Gasteiger partial charge in [-0.25, -0.2) is 0 Å². The fourth-order valence-electron chi connectivity index (χ4n) is 2.51. The molecule has 7 heteroatoms. The van der Waals surface area contributed by atoms with Crippen molar-refractivity contribution in [2.24, 2.45) is 0 Å². The molecule has 2 heterocycles. The van der Waals surface area contributed by atoms with Crippen molar-refractivity contribution in [2.75, 3.05) is 13.7 Å². The third-order valence-corrected chi connectivity index (χ3v) is 4.72. The lowest BCUT2D eigenvalue weighted by atomic mass is 10.1. The van der Waals surface area contributed by atoms with Crippen molar-refractivity contribution in [3.05, 3.63) is 29.1 Å². The molecule has 1 aromatic carbocycles. The van der Waals surface area contributed by atoms with Gasteiger partial charge in [-0.2, -0.15) is 4.39 Å². The molecule has 0 fully saturated rings. The maximum Gasteiger partial charge on any atom is 0.306 e. The highest BCUT2D eigenvalue weighted by molar-refractivity contribution is 7.21. The van der Waals surface area contributed by atoms with E-state index in [1.165, 1.54) is 24.5 Å². The average Bonchev–Trinajstić information content (AvgIpc) is 3.14. The molecule has 2 aromatic heterocycles. The Morgan fingerprint density at radius 3 is 2.71 bits per heavy atom. The second-order valence-corrected chi connectivity index (χ2v) is 6.21. The number of fused-ring (bicyclic) bond motifs is 3. The number of esters is 1. The molecule has 0 N–H and O–H groups in total. The summed E-state index contributed by atoms with van der Waals surface area (Å²) in [5.41, 5.74) is 0.311. The average molecular weight is 350 g/mol. The van der Waals surface area contributed by atoms with Crippen LogP contribution >= 0.6 is 11.3 Å². The van der Waals surface area contributed by atoms with Crippen LogP contribution in [0.1, 0.15) is 29.4 Å². The van der Waals surface area contributed by atoms with Crippen LogP contribution in [0.15, 0.2) is 22.6 Å². The normalized spacial score (nSPS) is 11.1. The molecule has 0 aliphatic carbocycles. The summed E-state index contributed by atoms with van der Waals surface area (Å²) in [6, 6.07) is 3.98. The number of halogens is 1. The zero-order valence-electron chi connectivity index (χ0n) is 13.2. The molecule has 126 valence electrons. The van der Waals surface area contributed by atoms with Crippen molar-refractivity contribution in [1.29, 1.82) is 0 Å². The number of ether oxygens (including phenoxy) is 2. The summed E-state index contributed by atoms with van der Waals surface area (Å²) in [4.78, 5) is 24.2. The van der Waals surface area contributed by atoms with E-state index < -0.39 is 12.0 Å². The van der Waals surface area contributed by atoms with Gasteiger partial charge in [-0.1, -0.05) is 0 Å². The Kier molecular flexibility index (Phi) is 4.53. The van der Waals surface area contributed by atoms with Crippen molar-refractivity contribution >= 4 is 44.1 Å². The molecule has 5 nitrogen and oxygen atoms in total. The number of carbonyl (C=O) groups excluding carboxylic acids is 2. The van der Waals surface area contributed by atoms with E-state index >= 15 is 0 Å². The molecule has 3 rings (SSSR count). The summed E-state index contributed by atoms with van der Waals surface area (Å²) in [6.45, 7) is 2.01. The van der Waals surface area contributed by atoms with Crippen LogP contribution in [-0.4, -0.2) is 25.5 Å². The fraction of sp³-hybridized carbons (Fsp3) is 0.294. The van der Waals surface area contributed by atoms with E-state index in [1.807, 2.05) is 0 Å². The first kappa shape index (κ1) is 16.4. The maximum absolute atomic E-state index is 13.5. The van der Waals surface area contributed by atoms with Gasteiger partial charge in [0.2, 0.25) is 0 Å². The standard InChI is InChI=1S/C17H15FO5S/c1-3-22-16(20)5-4-11(19)14-6-9-10-7-15(18)23-17(10)12(21-2)8-13(9)24-14/h6-8H,3-5H2,1-2H3. The van der Waals surface area contributed by atoms with Gasteiger partial charge in [0.05, 0.1) is 25.0 Å². The van der Waals surface area contributed by atoms with Crippen LogP contribution in [0.4, 0.5) is 4.39 Å². The minimum Gasteiger partial charge on any atom is -0.493 e. The molecule has 3 aromatic rings. The molecule has 0 radical (unpaired) electrons. The lowest BCUT2D eigenvalue weighted by Crippen LogP contribution is -2.07. The quantitative estimate of drug-likeness (QED) is 0.489. The Balaban J connectivity index is 1.95. The smallest absolute Gasteiger partial charge is 0.306 e. The highest BCUT2D eigenvalue weighted by Crippen LogP contribution is 2.39. The van der Waals surface area contributed by atoms with E-state index in [4.69, 9.17) is 13.9 Å². The highest BCUT2D eigenvalue weighted by atomic mass is 32.1. The van der Waals surface area contributed by atoms with E-state index in [-0.39, 0.29) is 18.6 Å². The van der Waals surface area contributed by atoms with Gasteiger partial charge in [0, 0.05) is 34.0 Å². The Morgan fingerprint density at radius 2 is 2.00 bits per heavy atom. The second-order valence-electron chi connectivity index (χ2n) is 5.12. The van der Waals surface area contributed by atoms with Crippen molar-refractivity contribution in [3.63, 3.8) is 0 Å². The van der Waals surface area contributed by atoms with E-state index in [0.29, 0.717) is 28.2 Å². The topological polar surface area (TPSA) is 65.7 Å². The number of ketones is 1. The molecule has 0 bridgehead atoms. The van der Waals surface area contributed by atoms with Gasteiger partial charge in [-0.3, -0.25) is 9.59 Å². The molecular formula is C17H15FO5S. The highest BCUT2D eigenvalue weighted by Gasteiger charge is 2.18. The van der Waals surface area contributed by atoms with Crippen LogP contribution in [0, 0.1) is 6.01 Å². The summed E-state index contributed by atoms with van der Waals surface area (Å²) < 4.78 is 29.4. The minimum absolute atomic E-state index is 0.0417. The van der Waals surface area contributed by atoms with Gasteiger partial charge >= 0.3 is 5.97 Å². The lowest BCUT2D eigenvalue weighted by Gasteiger charge is -2.00. The zero-order valence-corrected chi connectivity index (χ0v) is 14.0. The number of thiophene rings is 1. The zero-order chi connectivity index (χ0) is 17.3. The molecular weight excluding hydrogens is 335 g/mol. The van der Waals surface area contributed by atoms with Crippen molar-refractivity contribution < 1.29 is 27.9 Å². The molecule has 0 aliphatic heterocycles. The molecule has 0 unspecified atom stereocenters. The molecule has 24 heavy (non-hydrogen) atoms. The number of carbonyl (C=O) groups is 2. The van der Waals surface area contributed by atoms with Crippen molar-refractivity contribution in [1.82, 2.24) is 0 Å². The fourth-order valence-corrected chi connectivity index (χ4v) is 3.59. The van der Waals surface area contributed by atoms with Gasteiger partial charge in [0.25, 0.3) is 6.01 Å². The molecule has 0 spiro atoms. The third kappa shape index (κ3) is 2.99. The maximum atomic E-state index is 13.5. The van der Waals surface area contributed by atoms with Gasteiger partial charge in [0.1, 0.15) is 0 Å². The van der Waals surface area contributed by atoms with Crippen LogP contribution in [-0.2, 0) is 9.53 Å².